The zero-order chi connectivity index (χ0) is 11.7. The molecule has 0 amide bonds. The Morgan fingerprint density at radius 3 is 2.65 bits per heavy atom. The molecular weight excluding hydrogens is 236 g/mol. The summed E-state index contributed by atoms with van der Waals surface area (Å²) in [4.78, 5) is 4.49. The second-order valence-electron chi connectivity index (χ2n) is 4.34. The Kier molecular flexibility index (Phi) is 2.82. The van der Waals surface area contributed by atoms with E-state index >= 15 is 0 Å². The Balaban J connectivity index is 1.76. The summed E-state index contributed by atoms with van der Waals surface area (Å²) in [5.74, 6) is 2.39. The number of hydrogen-bond acceptors (Lipinski definition) is 3. The van der Waals surface area contributed by atoms with Gasteiger partial charge in [0.1, 0.15) is 5.82 Å². The van der Waals surface area contributed by atoms with Crippen LogP contribution in [-0.4, -0.2) is 28.3 Å². The zero-order valence-electron chi connectivity index (χ0n) is 9.28. The van der Waals surface area contributed by atoms with Gasteiger partial charge in [0, 0.05) is 17.0 Å². The van der Waals surface area contributed by atoms with Crippen molar-refractivity contribution >= 4 is 11.6 Å². The summed E-state index contributed by atoms with van der Waals surface area (Å²) in [6.45, 7) is 2.16. The van der Waals surface area contributed by atoms with Crippen LogP contribution in [0.15, 0.2) is 24.3 Å². The molecule has 1 aliphatic heterocycles. The number of rotatable bonds is 3. The minimum Gasteiger partial charge on any atom is -0.316 e. The average molecular weight is 249 g/mol. The molecule has 2 N–H and O–H groups in total. The van der Waals surface area contributed by atoms with E-state index in [4.69, 9.17) is 11.6 Å². The van der Waals surface area contributed by atoms with E-state index in [9.17, 15) is 0 Å². The van der Waals surface area contributed by atoms with Gasteiger partial charge in [0.05, 0.1) is 0 Å². The first-order valence-corrected chi connectivity index (χ1v) is 6.07. The van der Waals surface area contributed by atoms with Gasteiger partial charge < -0.3 is 5.32 Å². The Bertz CT molecular complexity index is 501. The van der Waals surface area contributed by atoms with Gasteiger partial charge in [-0.05, 0) is 43.3 Å². The summed E-state index contributed by atoms with van der Waals surface area (Å²) < 4.78 is 0. The molecule has 4 nitrogen and oxygen atoms in total. The lowest BCUT2D eigenvalue weighted by atomic mass is 9.99. The monoisotopic (exact) mass is 248 g/mol. The van der Waals surface area contributed by atoms with E-state index in [1.165, 1.54) is 0 Å². The number of halogens is 1. The van der Waals surface area contributed by atoms with Gasteiger partial charge in [0.25, 0.3) is 0 Å². The van der Waals surface area contributed by atoms with E-state index in [1.807, 2.05) is 24.3 Å². The second kappa shape index (κ2) is 4.47. The minimum absolute atomic E-state index is 0.695. The third-order valence-electron chi connectivity index (χ3n) is 2.98. The number of hydrogen-bond donors (Lipinski definition) is 2. The van der Waals surface area contributed by atoms with Gasteiger partial charge in [-0.15, -0.1) is 0 Å². The van der Waals surface area contributed by atoms with Gasteiger partial charge >= 0.3 is 0 Å². The number of aromatic amines is 1. The van der Waals surface area contributed by atoms with Gasteiger partial charge in [-0.3, -0.25) is 5.10 Å². The molecule has 0 aliphatic carbocycles. The number of nitrogens with zero attached hydrogens (tertiary/aromatic N) is 2. The second-order valence-corrected chi connectivity index (χ2v) is 4.78. The predicted molar refractivity (Wildman–Crippen MR) is 66.9 cm³/mol. The lowest BCUT2D eigenvalue weighted by Gasteiger charge is -2.25. The number of H-pyrrole nitrogens is 1. The maximum absolute atomic E-state index is 5.84. The van der Waals surface area contributed by atoms with Crippen LogP contribution < -0.4 is 5.32 Å². The summed E-state index contributed by atoms with van der Waals surface area (Å²) in [6, 6.07) is 7.56. The summed E-state index contributed by atoms with van der Waals surface area (Å²) in [5.41, 5.74) is 0.989. The molecule has 0 unspecified atom stereocenters. The van der Waals surface area contributed by atoms with E-state index in [1.54, 1.807) is 0 Å². The molecular formula is C12H13ClN4. The number of nitrogens with one attached hydrogen (secondary N) is 2. The maximum atomic E-state index is 5.84. The Morgan fingerprint density at radius 1 is 1.24 bits per heavy atom. The van der Waals surface area contributed by atoms with Crippen LogP contribution in [0.3, 0.4) is 0 Å². The largest absolute Gasteiger partial charge is 0.316 e. The highest BCUT2D eigenvalue weighted by Gasteiger charge is 2.19. The van der Waals surface area contributed by atoms with Crippen molar-refractivity contribution in [2.24, 2.45) is 5.92 Å². The Morgan fingerprint density at radius 2 is 2.00 bits per heavy atom. The van der Waals surface area contributed by atoms with Crippen LogP contribution >= 0.6 is 11.6 Å². The van der Waals surface area contributed by atoms with Crippen LogP contribution in [-0.2, 0) is 6.42 Å². The molecule has 3 rings (SSSR count). The smallest absolute Gasteiger partial charge is 0.181 e. The molecule has 0 radical (unpaired) electrons. The lowest BCUT2D eigenvalue weighted by molar-refractivity contribution is 0.341. The highest BCUT2D eigenvalue weighted by Crippen LogP contribution is 2.18. The van der Waals surface area contributed by atoms with Crippen molar-refractivity contribution in [2.75, 3.05) is 13.1 Å². The highest BCUT2D eigenvalue weighted by molar-refractivity contribution is 6.30. The molecule has 88 valence electrons. The molecule has 0 atom stereocenters. The van der Waals surface area contributed by atoms with Crippen molar-refractivity contribution in [1.82, 2.24) is 20.5 Å². The van der Waals surface area contributed by atoms with Gasteiger partial charge in [-0.2, -0.15) is 5.10 Å². The van der Waals surface area contributed by atoms with Crippen molar-refractivity contribution in [1.29, 1.82) is 0 Å². The van der Waals surface area contributed by atoms with Crippen LogP contribution in [0.5, 0.6) is 0 Å². The van der Waals surface area contributed by atoms with Crippen LogP contribution in [0.25, 0.3) is 11.4 Å². The van der Waals surface area contributed by atoms with Crippen LogP contribution in [0.1, 0.15) is 5.82 Å². The van der Waals surface area contributed by atoms with E-state index in [0.29, 0.717) is 5.92 Å². The molecule has 1 fully saturated rings. The molecule has 0 spiro atoms. The fourth-order valence-electron chi connectivity index (χ4n) is 1.88. The predicted octanol–water partition coefficient (Wildman–Crippen LogP) is 1.89. The van der Waals surface area contributed by atoms with Crippen molar-refractivity contribution in [3.8, 4) is 11.4 Å². The fourth-order valence-corrected chi connectivity index (χ4v) is 2.01. The third kappa shape index (κ3) is 2.33. The first kappa shape index (κ1) is 10.7. The van der Waals surface area contributed by atoms with E-state index in [0.717, 1.165) is 41.7 Å². The van der Waals surface area contributed by atoms with Crippen molar-refractivity contribution in [3.05, 3.63) is 35.1 Å². The third-order valence-corrected chi connectivity index (χ3v) is 3.23. The zero-order valence-corrected chi connectivity index (χ0v) is 10.0. The first-order valence-electron chi connectivity index (χ1n) is 5.69. The molecule has 1 aromatic heterocycles. The summed E-state index contributed by atoms with van der Waals surface area (Å²) in [5, 5.41) is 11.2. The minimum atomic E-state index is 0.695. The topological polar surface area (TPSA) is 53.6 Å². The lowest BCUT2D eigenvalue weighted by Crippen LogP contribution is -2.43. The summed E-state index contributed by atoms with van der Waals surface area (Å²) in [6.07, 6.45) is 0.966. The molecule has 17 heavy (non-hydrogen) atoms. The van der Waals surface area contributed by atoms with Gasteiger partial charge in [0.2, 0.25) is 0 Å². The van der Waals surface area contributed by atoms with E-state index in [2.05, 4.69) is 20.5 Å². The van der Waals surface area contributed by atoms with Crippen molar-refractivity contribution in [2.45, 2.75) is 6.42 Å². The highest BCUT2D eigenvalue weighted by atomic mass is 35.5. The van der Waals surface area contributed by atoms with Crippen molar-refractivity contribution < 1.29 is 0 Å². The molecule has 2 aromatic rings. The van der Waals surface area contributed by atoms with Gasteiger partial charge in [-0.1, -0.05) is 11.6 Å². The molecule has 1 aromatic carbocycles. The molecule has 0 bridgehead atoms. The van der Waals surface area contributed by atoms with Crippen LogP contribution in [0.4, 0.5) is 0 Å². The average Bonchev–Trinajstić information content (AvgIpc) is 2.73. The number of benzene rings is 1. The molecule has 2 heterocycles. The van der Waals surface area contributed by atoms with Gasteiger partial charge in [0.15, 0.2) is 5.82 Å². The molecule has 1 saturated heterocycles. The van der Waals surface area contributed by atoms with E-state index < -0.39 is 0 Å². The molecule has 5 heteroatoms. The molecule has 1 aliphatic rings. The quantitative estimate of drug-likeness (QED) is 0.872. The Labute approximate surface area is 104 Å². The maximum Gasteiger partial charge on any atom is 0.181 e. The fraction of sp³-hybridized carbons (Fsp3) is 0.333. The van der Waals surface area contributed by atoms with Crippen molar-refractivity contribution in [3.63, 3.8) is 0 Å². The SMILES string of the molecule is Clc1ccc(-c2n[nH]c(CC3CNC3)n2)cc1. The van der Waals surface area contributed by atoms with Crippen LogP contribution in [0.2, 0.25) is 5.02 Å². The normalized spacial score (nSPS) is 15.8. The first-order chi connectivity index (χ1) is 8.31. The summed E-state index contributed by atoms with van der Waals surface area (Å²) in [7, 11) is 0. The standard InChI is InChI=1S/C12H13ClN4/c13-10-3-1-9(2-4-10)12-15-11(16-17-12)5-8-6-14-7-8/h1-4,8,14H,5-7H2,(H,15,16,17). The Hall–Kier alpha value is -1.39. The number of aromatic nitrogens is 3. The summed E-state index contributed by atoms with van der Waals surface area (Å²) >= 11 is 5.84. The van der Waals surface area contributed by atoms with Crippen LogP contribution in [0, 0.1) is 5.92 Å². The van der Waals surface area contributed by atoms with Gasteiger partial charge in [-0.25, -0.2) is 4.98 Å². The molecule has 0 saturated carbocycles. The van der Waals surface area contributed by atoms with E-state index in [-0.39, 0.29) is 0 Å².